The standard InChI is InChI=1S/C19H20F3N5O4/c1-10-7-13(25-18(24-10)27-15(28)11-3-4-11)16(29)23-8-12-5-6-14(26-17(12)30-2)31-9-19(20,21)22/h5-7,11H,3-4,8-9H2,1-2H3,(H,23,29)(H,24,25,27,28). The Balaban J connectivity index is 1.64. The molecule has 2 aromatic heterocycles. The zero-order valence-electron chi connectivity index (χ0n) is 16.7. The number of ether oxygens (including phenoxy) is 2. The van der Waals surface area contributed by atoms with Gasteiger partial charge in [-0.3, -0.25) is 14.9 Å². The predicted octanol–water partition coefficient (Wildman–Crippen LogP) is 2.41. The average molecular weight is 439 g/mol. The van der Waals surface area contributed by atoms with Crippen molar-refractivity contribution < 1.29 is 32.2 Å². The number of carbonyl (C=O) groups excluding carboxylic acids is 2. The van der Waals surface area contributed by atoms with Crippen LogP contribution in [0.2, 0.25) is 0 Å². The number of aryl methyl sites for hydroxylation is 1. The molecule has 2 N–H and O–H groups in total. The molecule has 0 bridgehead atoms. The Morgan fingerprint density at radius 2 is 1.94 bits per heavy atom. The molecule has 9 nitrogen and oxygen atoms in total. The van der Waals surface area contributed by atoms with E-state index in [4.69, 9.17) is 4.74 Å². The van der Waals surface area contributed by atoms with E-state index in [9.17, 15) is 22.8 Å². The van der Waals surface area contributed by atoms with Gasteiger partial charge in [-0.15, -0.1) is 0 Å². The lowest BCUT2D eigenvalue weighted by molar-refractivity contribution is -0.154. The van der Waals surface area contributed by atoms with Gasteiger partial charge in [0.25, 0.3) is 5.91 Å². The Morgan fingerprint density at radius 3 is 2.58 bits per heavy atom. The number of hydrogen-bond acceptors (Lipinski definition) is 7. The minimum Gasteiger partial charge on any atom is -0.481 e. The molecular formula is C19H20F3N5O4. The van der Waals surface area contributed by atoms with Crippen molar-refractivity contribution in [2.45, 2.75) is 32.5 Å². The number of carbonyl (C=O) groups is 2. The minimum absolute atomic E-state index is 0.0104. The van der Waals surface area contributed by atoms with Crippen molar-refractivity contribution in [3.63, 3.8) is 0 Å². The maximum Gasteiger partial charge on any atom is 0.422 e. The topological polar surface area (TPSA) is 115 Å². The number of nitrogens with zero attached hydrogens (tertiary/aromatic N) is 3. The third kappa shape index (κ3) is 6.52. The molecule has 1 saturated carbocycles. The number of rotatable bonds is 8. The molecule has 12 heteroatoms. The molecule has 0 radical (unpaired) electrons. The minimum atomic E-state index is -4.49. The van der Waals surface area contributed by atoms with Crippen molar-refractivity contribution in [1.29, 1.82) is 0 Å². The van der Waals surface area contributed by atoms with Crippen molar-refractivity contribution in [2.24, 2.45) is 5.92 Å². The number of amides is 2. The SMILES string of the molecule is COc1nc(OCC(F)(F)F)ccc1CNC(=O)c1cc(C)nc(NC(=O)C2CC2)n1. The molecule has 0 aromatic carbocycles. The van der Waals surface area contributed by atoms with Crippen molar-refractivity contribution in [2.75, 3.05) is 19.0 Å². The third-order valence-electron chi connectivity index (χ3n) is 4.20. The smallest absolute Gasteiger partial charge is 0.422 e. The Bertz CT molecular complexity index is 980. The van der Waals surface area contributed by atoms with E-state index in [0.29, 0.717) is 11.3 Å². The fraction of sp³-hybridized carbons (Fsp3) is 0.421. The van der Waals surface area contributed by atoms with Crippen LogP contribution in [-0.2, 0) is 11.3 Å². The van der Waals surface area contributed by atoms with E-state index in [0.717, 1.165) is 12.8 Å². The number of alkyl halides is 3. The summed E-state index contributed by atoms with van der Waals surface area (Å²) in [6.07, 6.45) is -2.85. The summed E-state index contributed by atoms with van der Waals surface area (Å²) in [5, 5.41) is 5.22. The Labute approximate surface area is 175 Å². The second-order valence-electron chi connectivity index (χ2n) is 6.89. The van der Waals surface area contributed by atoms with Gasteiger partial charge in [-0.25, -0.2) is 9.97 Å². The van der Waals surface area contributed by atoms with E-state index < -0.39 is 18.7 Å². The summed E-state index contributed by atoms with van der Waals surface area (Å²) in [4.78, 5) is 36.4. The summed E-state index contributed by atoms with van der Waals surface area (Å²) in [6.45, 7) is 0.158. The third-order valence-corrected chi connectivity index (χ3v) is 4.20. The van der Waals surface area contributed by atoms with Gasteiger partial charge in [-0.05, 0) is 31.9 Å². The van der Waals surface area contributed by atoms with Gasteiger partial charge in [0.15, 0.2) is 6.61 Å². The zero-order chi connectivity index (χ0) is 22.6. The van der Waals surface area contributed by atoms with Crippen LogP contribution in [0, 0.1) is 12.8 Å². The highest BCUT2D eigenvalue weighted by Crippen LogP contribution is 2.29. The predicted molar refractivity (Wildman–Crippen MR) is 102 cm³/mol. The highest BCUT2D eigenvalue weighted by molar-refractivity contribution is 5.95. The van der Waals surface area contributed by atoms with E-state index >= 15 is 0 Å². The molecule has 0 atom stereocenters. The van der Waals surface area contributed by atoms with Gasteiger partial charge in [-0.2, -0.15) is 18.2 Å². The molecule has 0 aliphatic heterocycles. The maximum atomic E-state index is 12.5. The highest BCUT2D eigenvalue weighted by atomic mass is 19.4. The average Bonchev–Trinajstić information content (AvgIpc) is 3.55. The largest absolute Gasteiger partial charge is 0.481 e. The van der Waals surface area contributed by atoms with Gasteiger partial charge in [0.05, 0.1) is 7.11 Å². The Kier molecular flexibility index (Phi) is 6.56. The quantitative estimate of drug-likeness (QED) is 0.649. The van der Waals surface area contributed by atoms with Crippen molar-refractivity contribution in [1.82, 2.24) is 20.3 Å². The molecule has 3 rings (SSSR count). The summed E-state index contributed by atoms with van der Waals surface area (Å²) in [5.74, 6) is -0.952. The highest BCUT2D eigenvalue weighted by Gasteiger charge is 2.30. The number of methoxy groups -OCH3 is 1. The van der Waals surface area contributed by atoms with Crippen LogP contribution in [0.4, 0.5) is 19.1 Å². The molecular weight excluding hydrogens is 419 g/mol. The first-order valence-electron chi connectivity index (χ1n) is 9.33. The Morgan fingerprint density at radius 1 is 1.19 bits per heavy atom. The first-order chi connectivity index (χ1) is 14.6. The number of halogens is 3. The summed E-state index contributed by atoms with van der Waals surface area (Å²) < 4.78 is 46.5. The van der Waals surface area contributed by atoms with Crippen LogP contribution in [0.1, 0.15) is 34.6 Å². The molecule has 0 spiro atoms. The van der Waals surface area contributed by atoms with Crippen molar-refractivity contribution >= 4 is 17.8 Å². The van der Waals surface area contributed by atoms with Gasteiger partial charge in [0.1, 0.15) is 5.69 Å². The maximum absolute atomic E-state index is 12.5. The van der Waals surface area contributed by atoms with E-state index in [1.165, 1.54) is 25.3 Å². The number of hydrogen-bond donors (Lipinski definition) is 2. The van der Waals surface area contributed by atoms with Crippen LogP contribution in [0.5, 0.6) is 11.8 Å². The molecule has 166 valence electrons. The molecule has 2 amide bonds. The first-order valence-corrected chi connectivity index (χ1v) is 9.33. The van der Waals surface area contributed by atoms with Crippen LogP contribution >= 0.6 is 0 Å². The molecule has 0 unspecified atom stereocenters. The van der Waals surface area contributed by atoms with Crippen molar-refractivity contribution in [3.05, 3.63) is 35.2 Å². The second kappa shape index (κ2) is 9.14. The fourth-order valence-electron chi connectivity index (χ4n) is 2.56. The molecule has 1 aliphatic rings. The van der Waals surface area contributed by atoms with Crippen LogP contribution in [0.25, 0.3) is 0 Å². The zero-order valence-corrected chi connectivity index (χ0v) is 16.7. The number of pyridine rings is 1. The van der Waals surface area contributed by atoms with Crippen LogP contribution in [-0.4, -0.2) is 46.7 Å². The molecule has 31 heavy (non-hydrogen) atoms. The Hall–Kier alpha value is -3.44. The summed E-state index contributed by atoms with van der Waals surface area (Å²) in [6, 6.07) is 4.14. The number of nitrogens with one attached hydrogen (secondary N) is 2. The van der Waals surface area contributed by atoms with Gasteiger partial charge < -0.3 is 14.8 Å². The summed E-state index contributed by atoms with van der Waals surface area (Å²) in [7, 11) is 1.30. The molecule has 1 fully saturated rings. The molecule has 0 saturated heterocycles. The van der Waals surface area contributed by atoms with E-state index in [1.54, 1.807) is 6.92 Å². The lowest BCUT2D eigenvalue weighted by atomic mass is 10.2. The molecule has 2 heterocycles. The summed E-state index contributed by atoms with van der Waals surface area (Å²) >= 11 is 0. The fourth-order valence-corrected chi connectivity index (χ4v) is 2.56. The number of aromatic nitrogens is 3. The second-order valence-corrected chi connectivity index (χ2v) is 6.89. The summed E-state index contributed by atoms with van der Waals surface area (Å²) in [5.41, 5.74) is 0.968. The lowest BCUT2D eigenvalue weighted by Gasteiger charge is -2.12. The molecule has 2 aromatic rings. The van der Waals surface area contributed by atoms with Gasteiger partial charge in [-0.1, -0.05) is 0 Å². The van der Waals surface area contributed by atoms with Crippen LogP contribution in [0.15, 0.2) is 18.2 Å². The molecule has 1 aliphatic carbocycles. The van der Waals surface area contributed by atoms with Crippen LogP contribution in [0.3, 0.4) is 0 Å². The van der Waals surface area contributed by atoms with Crippen molar-refractivity contribution in [3.8, 4) is 11.8 Å². The van der Waals surface area contributed by atoms with Gasteiger partial charge in [0, 0.05) is 29.8 Å². The first kappa shape index (κ1) is 22.2. The van der Waals surface area contributed by atoms with Gasteiger partial charge >= 0.3 is 6.18 Å². The monoisotopic (exact) mass is 439 g/mol. The van der Waals surface area contributed by atoms with E-state index in [2.05, 4.69) is 30.3 Å². The lowest BCUT2D eigenvalue weighted by Crippen LogP contribution is -2.25. The van der Waals surface area contributed by atoms with E-state index in [1.807, 2.05) is 0 Å². The normalized spacial score (nSPS) is 13.5. The van der Waals surface area contributed by atoms with Crippen LogP contribution < -0.4 is 20.1 Å². The van der Waals surface area contributed by atoms with Gasteiger partial charge in [0.2, 0.25) is 23.6 Å². The van der Waals surface area contributed by atoms with E-state index in [-0.39, 0.29) is 41.8 Å². The number of anilines is 1.